The fraction of sp³-hybridized carbons (Fsp3) is 0.148. The van der Waals surface area contributed by atoms with Crippen LogP contribution in [0.3, 0.4) is 0 Å². The Morgan fingerprint density at radius 3 is 2.12 bits per heavy atom. The molecule has 0 aromatic heterocycles. The minimum Gasteiger partial charge on any atom is -0.507 e. The third-order valence-corrected chi connectivity index (χ3v) is 5.58. The van der Waals surface area contributed by atoms with Crippen molar-refractivity contribution in [1.29, 1.82) is 0 Å². The number of carbonyl (C=O) groups is 3. The molecule has 1 N–H and O–H groups in total. The number of ketones is 1. The van der Waals surface area contributed by atoms with Gasteiger partial charge in [0.1, 0.15) is 11.5 Å². The number of rotatable bonds is 6. The van der Waals surface area contributed by atoms with Crippen LogP contribution in [-0.4, -0.2) is 36.5 Å². The summed E-state index contributed by atoms with van der Waals surface area (Å²) in [6.45, 7) is 1.96. The first-order valence-corrected chi connectivity index (χ1v) is 10.7. The smallest absolute Gasteiger partial charge is 0.338 e. The predicted octanol–water partition coefficient (Wildman–Crippen LogP) is 4.50. The summed E-state index contributed by atoms with van der Waals surface area (Å²) in [7, 11) is 1.53. The third kappa shape index (κ3) is 4.15. The van der Waals surface area contributed by atoms with Crippen molar-refractivity contribution in [2.75, 3.05) is 18.6 Å². The van der Waals surface area contributed by atoms with Gasteiger partial charge < -0.3 is 14.6 Å². The van der Waals surface area contributed by atoms with Gasteiger partial charge in [0.25, 0.3) is 11.7 Å². The number of anilines is 1. The van der Waals surface area contributed by atoms with E-state index in [4.69, 9.17) is 9.47 Å². The Bertz CT molecular complexity index is 1250. The second-order valence-electron chi connectivity index (χ2n) is 7.58. The van der Waals surface area contributed by atoms with Crippen LogP contribution in [0.15, 0.2) is 84.4 Å². The van der Waals surface area contributed by atoms with E-state index in [1.807, 2.05) is 6.07 Å². The second-order valence-corrected chi connectivity index (χ2v) is 7.58. The topological polar surface area (TPSA) is 93.1 Å². The van der Waals surface area contributed by atoms with Crippen molar-refractivity contribution in [3.05, 3.63) is 101 Å². The van der Waals surface area contributed by atoms with Gasteiger partial charge in [0.15, 0.2) is 0 Å². The van der Waals surface area contributed by atoms with Gasteiger partial charge in [0.05, 0.1) is 30.9 Å². The third-order valence-electron chi connectivity index (χ3n) is 5.58. The van der Waals surface area contributed by atoms with E-state index in [1.54, 1.807) is 67.6 Å². The minimum atomic E-state index is -0.850. The zero-order chi connectivity index (χ0) is 24.2. The molecule has 1 saturated heterocycles. The quantitative estimate of drug-likeness (QED) is 0.254. The van der Waals surface area contributed by atoms with E-state index >= 15 is 0 Å². The van der Waals surface area contributed by atoms with Gasteiger partial charge in [0, 0.05) is 11.3 Å². The molecule has 1 atom stereocenters. The standard InChI is InChI=1S/C27H23NO6/c1-3-34-27(32)19-9-13-20(14-10-19)28-23(17-7-5-4-6-8-17)22(25(30)26(28)31)24(29)18-11-15-21(33-2)16-12-18/h4-16,23,29H,3H2,1-2H3/t23-/m1/s1. The molecule has 1 fully saturated rings. The summed E-state index contributed by atoms with van der Waals surface area (Å²) in [5.74, 6) is -1.72. The Hall–Kier alpha value is -4.39. The molecule has 0 aliphatic carbocycles. The molecular formula is C27H23NO6. The summed E-state index contributed by atoms with van der Waals surface area (Å²) in [5, 5.41) is 11.1. The van der Waals surface area contributed by atoms with Gasteiger partial charge in [-0.3, -0.25) is 14.5 Å². The largest absolute Gasteiger partial charge is 0.507 e. The van der Waals surface area contributed by atoms with E-state index in [0.717, 1.165) is 0 Å². The number of esters is 1. The highest BCUT2D eigenvalue weighted by Crippen LogP contribution is 2.42. The highest BCUT2D eigenvalue weighted by atomic mass is 16.5. The molecule has 1 heterocycles. The number of amides is 1. The Morgan fingerprint density at radius 2 is 1.53 bits per heavy atom. The molecule has 1 aliphatic rings. The molecular weight excluding hydrogens is 434 g/mol. The first-order chi connectivity index (χ1) is 16.5. The molecule has 0 unspecified atom stereocenters. The summed E-state index contributed by atoms with van der Waals surface area (Å²) < 4.78 is 10.2. The van der Waals surface area contributed by atoms with Crippen LogP contribution < -0.4 is 9.64 Å². The van der Waals surface area contributed by atoms with Crippen LogP contribution in [0.1, 0.15) is 34.5 Å². The summed E-state index contributed by atoms with van der Waals surface area (Å²) >= 11 is 0. The summed E-state index contributed by atoms with van der Waals surface area (Å²) in [6, 6.07) is 21.0. The maximum atomic E-state index is 13.2. The zero-order valence-corrected chi connectivity index (χ0v) is 18.7. The number of benzene rings is 3. The Balaban J connectivity index is 1.83. The molecule has 3 aromatic rings. The minimum absolute atomic E-state index is 0.0177. The Kier molecular flexibility index (Phi) is 6.45. The number of methoxy groups -OCH3 is 1. The fourth-order valence-corrected chi connectivity index (χ4v) is 3.93. The van der Waals surface area contributed by atoms with Crippen LogP contribution in [0, 0.1) is 0 Å². The predicted molar refractivity (Wildman–Crippen MR) is 127 cm³/mol. The number of carbonyl (C=O) groups excluding carboxylic acids is 3. The number of aliphatic hydroxyl groups excluding tert-OH is 1. The van der Waals surface area contributed by atoms with E-state index in [-0.39, 0.29) is 17.9 Å². The molecule has 1 amide bonds. The second kappa shape index (κ2) is 9.62. The maximum Gasteiger partial charge on any atom is 0.338 e. The lowest BCUT2D eigenvalue weighted by atomic mass is 9.95. The summed E-state index contributed by atoms with van der Waals surface area (Å²) in [4.78, 5) is 39.7. The molecule has 7 nitrogen and oxygen atoms in total. The van der Waals surface area contributed by atoms with Gasteiger partial charge in [-0.05, 0) is 61.0 Å². The van der Waals surface area contributed by atoms with Crippen LogP contribution in [0.4, 0.5) is 5.69 Å². The monoisotopic (exact) mass is 457 g/mol. The van der Waals surface area contributed by atoms with Crippen molar-refractivity contribution >= 4 is 29.1 Å². The van der Waals surface area contributed by atoms with Crippen LogP contribution in [-0.2, 0) is 14.3 Å². The molecule has 34 heavy (non-hydrogen) atoms. The SMILES string of the molecule is CCOC(=O)c1ccc(N2C(=O)C(=O)C(=C(O)c3ccc(OC)cc3)[C@H]2c2ccccc2)cc1. The zero-order valence-electron chi connectivity index (χ0n) is 18.7. The number of hydrogen-bond acceptors (Lipinski definition) is 6. The van der Waals surface area contributed by atoms with Crippen molar-refractivity contribution < 1.29 is 29.0 Å². The van der Waals surface area contributed by atoms with Crippen molar-refractivity contribution in [2.24, 2.45) is 0 Å². The molecule has 7 heteroatoms. The maximum absolute atomic E-state index is 13.2. The normalized spacial score (nSPS) is 17.0. The molecule has 0 radical (unpaired) electrons. The number of aliphatic hydroxyl groups is 1. The van der Waals surface area contributed by atoms with Crippen molar-refractivity contribution in [3.63, 3.8) is 0 Å². The molecule has 3 aromatic carbocycles. The number of ether oxygens (including phenoxy) is 2. The van der Waals surface area contributed by atoms with Gasteiger partial charge in [0.2, 0.25) is 0 Å². The Labute approximate surface area is 196 Å². The first kappa shape index (κ1) is 22.8. The van der Waals surface area contributed by atoms with E-state index in [2.05, 4.69) is 0 Å². The van der Waals surface area contributed by atoms with Crippen LogP contribution in [0.2, 0.25) is 0 Å². The average molecular weight is 457 g/mol. The van der Waals surface area contributed by atoms with Crippen molar-refractivity contribution in [3.8, 4) is 5.75 Å². The lowest BCUT2D eigenvalue weighted by molar-refractivity contribution is -0.132. The molecule has 1 aliphatic heterocycles. The highest BCUT2D eigenvalue weighted by molar-refractivity contribution is 6.51. The van der Waals surface area contributed by atoms with E-state index in [9.17, 15) is 19.5 Å². The van der Waals surface area contributed by atoms with Gasteiger partial charge in [-0.25, -0.2) is 4.79 Å². The lowest BCUT2D eigenvalue weighted by Crippen LogP contribution is -2.29. The van der Waals surface area contributed by atoms with E-state index < -0.39 is 23.7 Å². The molecule has 172 valence electrons. The van der Waals surface area contributed by atoms with Crippen molar-refractivity contribution in [1.82, 2.24) is 0 Å². The molecule has 4 rings (SSSR count). The summed E-state index contributed by atoms with van der Waals surface area (Å²) in [6.07, 6.45) is 0. The molecule has 0 bridgehead atoms. The average Bonchev–Trinajstić information content (AvgIpc) is 3.14. The molecule has 0 saturated carbocycles. The van der Waals surface area contributed by atoms with Crippen LogP contribution in [0.5, 0.6) is 5.75 Å². The summed E-state index contributed by atoms with van der Waals surface area (Å²) in [5.41, 5.74) is 1.77. The van der Waals surface area contributed by atoms with Gasteiger partial charge in [-0.1, -0.05) is 30.3 Å². The van der Waals surface area contributed by atoms with Gasteiger partial charge >= 0.3 is 5.97 Å². The number of nitrogens with zero attached hydrogens (tertiary/aromatic N) is 1. The highest BCUT2D eigenvalue weighted by Gasteiger charge is 2.46. The van der Waals surface area contributed by atoms with E-state index in [0.29, 0.717) is 28.1 Å². The van der Waals surface area contributed by atoms with E-state index in [1.165, 1.54) is 24.1 Å². The van der Waals surface area contributed by atoms with Crippen molar-refractivity contribution in [2.45, 2.75) is 13.0 Å². The fourth-order valence-electron chi connectivity index (χ4n) is 3.93. The Morgan fingerprint density at radius 1 is 0.912 bits per heavy atom. The van der Waals surface area contributed by atoms with Gasteiger partial charge in [-0.15, -0.1) is 0 Å². The lowest BCUT2D eigenvalue weighted by Gasteiger charge is -2.25. The first-order valence-electron chi connectivity index (χ1n) is 10.7. The molecule has 0 spiro atoms. The number of Topliss-reactive ketones (excluding diaryl/α,β-unsaturated/α-hetero) is 1. The van der Waals surface area contributed by atoms with Crippen LogP contribution >= 0.6 is 0 Å². The van der Waals surface area contributed by atoms with Gasteiger partial charge in [-0.2, -0.15) is 0 Å². The number of hydrogen-bond donors (Lipinski definition) is 1. The van der Waals surface area contributed by atoms with Crippen LogP contribution in [0.25, 0.3) is 5.76 Å².